The molecule has 0 bridgehead atoms. The second kappa shape index (κ2) is 6.06. The van der Waals surface area contributed by atoms with Crippen LogP contribution in [0.15, 0.2) is 12.1 Å². The Morgan fingerprint density at radius 2 is 1.73 bits per heavy atom. The first-order chi connectivity index (χ1) is 10.3. The molecular weight excluding hydrogens is 305 g/mol. The molecule has 0 saturated carbocycles. The average molecular weight is 314 g/mol. The number of nitrogens with zero attached hydrogens (tertiary/aromatic N) is 2. The molecule has 1 aliphatic rings. The molecule has 0 aromatic heterocycles. The second-order valence-electron chi connectivity index (χ2n) is 4.57. The number of hydrogen-bond donors (Lipinski definition) is 0. The molecule has 22 heavy (non-hydrogen) atoms. The molecule has 0 amide bonds. The van der Waals surface area contributed by atoms with Gasteiger partial charge in [-0.2, -0.15) is 4.39 Å². The maximum absolute atomic E-state index is 13.8. The average Bonchev–Trinajstić information content (AvgIpc) is 2.35. The number of hydrogen-bond acceptors (Lipinski definition) is 7. The van der Waals surface area contributed by atoms with E-state index in [1.165, 1.54) is 11.9 Å². The highest BCUT2D eigenvalue weighted by Crippen LogP contribution is 2.17. The van der Waals surface area contributed by atoms with Gasteiger partial charge in [-0.15, -0.1) is 0 Å². The molecule has 0 spiro atoms. The monoisotopic (exact) mass is 314 g/mol. The van der Waals surface area contributed by atoms with Gasteiger partial charge in [0.05, 0.1) is 23.5 Å². The zero-order valence-electron chi connectivity index (χ0n) is 11.2. The fourth-order valence-electron chi connectivity index (χ4n) is 1.84. The molecule has 0 unspecified atom stereocenters. The highest BCUT2D eigenvalue weighted by Gasteiger charge is 2.38. The Morgan fingerprint density at radius 3 is 2.23 bits per heavy atom. The van der Waals surface area contributed by atoms with Gasteiger partial charge in [-0.3, -0.25) is 24.6 Å². The van der Waals surface area contributed by atoms with Crippen LogP contribution in [0.1, 0.15) is 0 Å². The molecule has 2 rings (SSSR count). The lowest BCUT2D eigenvalue weighted by Crippen LogP contribution is -2.48. The molecule has 8 nitrogen and oxygen atoms in total. The molecule has 0 aliphatic carbocycles. The van der Waals surface area contributed by atoms with Crippen LogP contribution < -0.4 is 5.46 Å². The highest BCUT2D eigenvalue weighted by molar-refractivity contribution is 6.64. The van der Waals surface area contributed by atoms with Gasteiger partial charge in [0.2, 0.25) is 5.82 Å². The third-order valence-electron chi connectivity index (χ3n) is 2.79. The summed E-state index contributed by atoms with van der Waals surface area (Å²) in [4.78, 5) is 34.0. The summed E-state index contributed by atoms with van der Waals surface area (Å²) in [5.74, 6) is -4.28. The van der Waals surface area contributed by atoms with E-state index in [4.69, 9.17) is 9.31 Å². The topological polar surface area (TPSA) is 99.0 Å². The van der Waals surface area contributed by atoms with Gasteiger partial charge < -0.3 is 9.31 Å². The van der Waals surface area contributed by atoms with Gasteiger partial charge in [-0.25, -0.2) is 4.39 Å². The molecule has 1 heterocycles. The van der Waals surface area contributed by atoms with E-state index in [2.05, 4.69) is 0 Å². The number of nitro groups is 1. The van der Waals surface area contributed by atoms with E-state index in [1.807, 2.05) is 0 Å². The lowest BCUT2D eigenvalue weighted by Gasteiger charge is -2.22. The molecular formula is C11H9BF2N2O6. The standard InChI is InChI=1S/C11H9BF2N2O6/c1-15-4-10(17)21-12(22-11(18)5-15)6-2-9(16(19)20)8(14)3-7(6)13/h2-3H,4-5H2,1H3. The second-order valence-corrected chi connectivity index (χ2v) is 4.57. The molecule has 0 N–H and O–H groups in total. The smallest absolute Gasteiger partial charge is 0.494 e. The summed E-state index contributed by atoms with van der Waals surface area (Å²) in [6.07, 6.45) is 0. The summed E-state index contributed by atoms with van der Waals surface area (Å²) >= 11 is 0. The van der Waals surface area contributed by atoms with Crippen molar-refractivity contribution in [2.75, 3.05) is 20.1 Å². The van der Waals surface area contributed by atoms with Crippen LogP contribution >= 0.6 is 0 Å². The van der Waals surface area contributed by atoms with Gasteiger partial charge in [0, 0.05) is 12.1 Å². The van der Waals surface area contributed by atoms with Crippen molar-refractivity contribution >= 4 is 30.2 Å². The molecule has 116 valence electrons. The molecule has 11 heteroatoms. The fraction of sp³-hybridized carbons (Fsp3) is 0.273. The lowest BCUT2D eigenvalue weighted by molar-refractivity contribution is -0.387. The summed E-state index contributed by atoms with van der Waals surface area (Å²) in [6, 6.07) is 0.793. The summed E-state index contributed by atoms with van der Waals surface area (Å²) in [5, 5.41) is 10.7. The van der Waals surface area contributed by atoms with Crippen molar-refractivity contribution in [3.05, 3.63) is 33.9 Å². The number of carbonyl (C=O) groups is 2. The summed E-state index contributed by atoms with van der Waals surface area (Å²) in [5.41, 5.74) is -1.64. The van der Waals surface area contributed by atoms with Crippen LogP contribution in [0.5, 0.6) is 0 Å². The minimum atomic E-state index is -1.81. The Bertz CT molecular complexity index is 636. The number of rotatable bonds is 2. The Kier molecular flexibility index (Phi) is 4.36. The van der Waals surface area contributed by atoms with Crippen LogP contribution in [-0.2, 0) is 18.9 Å². The van der Waals surface area contributed by atoms with E-state index in [0.29, 0.717) is 6.07 Å². The Morgan fingerprint density at radius 1 is 1.18 bits per heavy atom. The van der Waals surface area contributed by atoms with Crippen molar-refractivity contribution < 1.29 is 32.6 Å². The van der Waals surface area contributed by atoms with Gasteiger partial charge in [0.1, 0.15) is 5.82 Å². The molecule has 1 fully saturated rings. The number of benzene rings is 1. The Hall–Kier alpha value is -2.56. The molecule has 0 atom stereocenters. The quantitative estimate of drug-likeness (QED) is 0.416. The maximum atomic E-state index is 13.8. The summed E-state index contributed by atoms with van der Waals surface area (Å²) in [6.45, 7) is -0.507. The Balaban J connectivity index is 2.40. The van der Waals surface area contributed by atoms with E-state index in [1.54, 1.807) is 0 Å². The summed E-state index contributed by atoms with van der Waals surface area (Å²) < 4.78 is 36.6. The molecule has 1 aliphatic heterocycles. The van der Waals surface area contributed by atoms with Crippen molar-refractivity contribution in [1.29, 1.82) is 0 Å². The van der Waals surface area contributed by atoms with E-state index in [0.717, 1.165) is 0 Å². The third kappa shape index (κ3) is 3.36. The van der Waals surface area contributed by atoms with Crippen LogP contribution in [0.4, 0.5) is 14.5 Å². The third-order valence-corrected chi connectivity index (χ3v) is 2.79. The van der Waals surface area contributed by atoms with Crippen molar-refractivity contribution in [2.45, 2.75) is 0 Å². The van der Waals surface area contributed by atoms with E-state index >= 15 is 0 Å². The number of carbonyl (C=O) groups excluding carboxylic acids is 2. The first-order valence-electron chi connectivity index (χ1n) is 5.98. The van der Waals surface area contributed by atoms with Gasteiger partial charge in [0.25, 0.3) is 0 Å². The van der Waals surface area contributed by atoms with Crippen LogP contribution in [0.25, 0.3) is 0 Å². The normalized spacial score (nSPS) is 16.6. The largest absolute Gasteiger partial charge is 0.639 e. The Labute approximate surface area is 122 Å². The first-order valence-corrected chi connectivity index (χ1v) is 5.98. The number of halogens is 2. The van der Waals surface area contributed by atoms with Crippen LogP contribution in [-0.4, -0.2) is 49.0 Å². The minimum Gasteiger partial charge on any atom is -0.494 e. The first kappa shape index (κ1) is 15.8. The number of likely N-dealkylation sites (N-methyl/N-ethyl adjacent to an activating group) is 1. The van der Waals surface area contributed by atoms with E-state index < -0.39 is 46.8 Å². The van der Waals surface area contributed by atoms with Crippen LogP contribution in [0.3, 0.4) is 0 Å². The molecule has 1 aromatic rings. The molecule has 1 saturated heterocycles. The maximum Gasteiger partial charge on any atom is 0.639 e. The van der Waals surface area contributed by atoms with Crippen LogP contribution in [0.2, 0.25) is 0 Å². The van der Waals surface area contributed by atoms with Gasteiger partial charge in [0.15, 0.2) is 0 Å². The minimum absolute atomic E-state index is 0.253. The van der Waals surface area contributed by atoms with Gasteiger partial charge >= 0.3 is 24.7 Å². The van der Waals surface area contributed by atoms with Crippen LogP contribution in [0, 0.1) is 21.7 Å². The fourth-order valence-corrected chi connectivity index (χ4v) is 1.84. The number of nitro benzene ring substituents is 1. The van der Waals surface area contributed by atoms with E-state index in [9.17, 15) is 28.5 Å². The zero-order chi connectivity index (χ0) is 16.4. The zero-order valence-corrected chi connectivity index (χ0v) is 11.2. The van der Waals surface area contributed by atoms with Crippen molar-refractivity contribution in [3.63, 3.8) is 0 Å². The SMILES string of the molecule is CN1CC(=O)OB(c2cc([N+](=O)[O-])c(F)cc2F)OC(=O)C1. The lowest BCUT2D eigenvalue weighted by atomic mass is 9.77. The van der Waals surface area contributed by atoms with E-state index in [-0.39, 0.29) is 19.2 Å². The van der Waals surface area contributed by atoms with Crippen molar-refractivity contribution in [1.82, 2.24) is 4.90 Å². The summed E-state index contributed by atoms with van der Waals surface area (Å²) in [7, 11) is -0.348. The molecule has 1 aromatic carbocycles. The van der Waals surface area contributed by atoms with Gasteiger partial charge in [-0.05, 0) is 7.05 Å². The van der Waals surface area contributed by atoms with Crippen molar-refractivity contribution in [2.24, 2.45) is 0 Å². The predicted octanol–water partition coefficient (Wildman–Crippen LogP) is -0.400. The van der Waals surface area contributed by atoms with Gasteiger partial charge in [-0.1, -0.05) is 0 Å². The molecule has 0 radical (unpaired) electrons. The highest BCUT2D eigenvalue weighted by atomic mass is 19.1. The predicted molar refractivity (Wildman–Crippen MR) is 68.1 cm³/mol. The van der Waals surface area contributed by atoms with Crippen molar-refractivity contribution in [3.8, 4) is 0 Å².